The Morgan fingerprint density at radius 2 is 2.16 bits per heavy atom. The second kappa shape index (κ2) is 6.68. The highest BCUT2D eigenvalue weighted by molar-refractivity contribution is 5.38. The Kier molecular flexibility index (Phi) is 4.23. The van der Waals surface area contributed by atoms with Crippen LogP contribution < -0.4 is 10.6 Å². The van der Waals surface area contributed by atoms with Gasteiger partial charge in [0.2, 0.25) is 0 Å². The predicted molar refractivity (Wildman–Crippen MR) is 96.7 cm³/mol. The summed E-state index contributed by atoms with van der Waals surface area (Å²) in [6.07, 6.45) is 3.25. The largest absolute Gasteiger partial charge is 0.370 e. The van der Waals surface area contributed by atoms with E-state index in [1.165, 1.54) is 5.56 Å². The van der Waals surface area contributed by atoms with E-state index in [0.717, 1.165) is 36.8 Å². The van der Waals surface area contributed by atoms with E-state index in [1.54, 1.807) is 17.3 Å². The number of fused-ring (bicyclic) bond motifs is 1. The van der Waals surface area contributed by atoms with E-state index in [9.17, 15) is 0 Å². The third-order valence-electron chi connectivity index (χ3n) is 4.69. The number of nitrogens with one attached hydrogen (secondary N) is 2. The maximum atomic E-state index is 4.53. The van der Waals surface area contributed by atoms with Crippen LogP contribution in [0.25, 0.3) is 5.69 Å². The van der Waals surface area contributed by atoms with Crippen molar-refractivity contribution in [3.05, 3.63) is 54.2 Å². The Hall–Kier alpha value is -2.67. The van der Waals surface area contributed by atoms with Gasteiger partial charge in [0.15, 0.2) is 0 Å². The second-order valence-corrected chi connectivity index (χ2v) is 6.66. The molecule has 4 rings (SSSR count). The van der Waals surface area contributed by atoms with Gasteiger partial charge in [-0.3, -0.25) is 0 Å². The van der Waals surface area contributed by atoms with Gasteiger partial charge in [-0.1, -0.05) is 12.1 Å². The minimum Gasteiger partial charge on any atom is -0.370 e. The lowest BCUT2D eigenvalue weighted by atomic mass is 10.1. The molecule has 3 aromatic rings. The summed E-state index contributed by atoms with van der Waals surface area (Å²) in [6, 6.07) is 10.8. The van der Waals surface area contributed by atoms with Crippen molar-refractivity contribution < 1.29 is 0 Å². The molecule has 0 spiro atoms. The third kappa shape index (κ3) is 3.41. The fourth-order valence-electron chi connectivity index (χ4n) is 3.24. The highest BCUT2D eigenvalue weighted by Crippen LogP contribution is 2.20. The SMILES string of the molecule is Cc1cc2n(n1)C[C@@H](CN[C@@H](C)c1ccc(-n3cncn3)cc1)CN2. The van der Waals surface area contributed by atoms with Crippen LogP contribution >= 0.6 is 0 Å². The van der Waals surface area contributed by atoms with Gasteiger partial charge in [-0.2, -0.15) is 10.2 Å². The summed E-state index contributed by atoms with van der Waals surface area (Å²) in [5, 5.41) is 15.8. The number of benzene rings is 1. The van der Waals surface area contributed by atoms with Crippen LogP contribution in [0, 0.1) is 12.8 Å². The maximum Gasteiger partial charge on any atom is 0.138 e. The number of anilines is 1. The first-order chi connectivity index (χ1) is 12.2. The number of rotatable bonds is 5. The van der Waals surface area contributed by atoms with Crippen molar-refractivity contribution in [3.8, 4) is 5.69 Å². The summed E-state index contributed by atoms with van der Waals surface area (Å²) in [4.78, 5) is 3.98. The van der Waals surface area contributed by atoms with Crippen molar-refractivity contribution in [2.45, 2.75) is 26.4 Å². The summed E-state index contributed by atoms with van der Waals surface area (Å²) in [6.45, 7) is 7.13. The molecule has 0 fully saturated rings. The molecule has 0 bridgehead atoms. The predicted octanol–water partition coefficient (Wildman–Crippen LogP) is 2.16. The van der Waals surface area contributed by atoms with Crippen molar-refractivity contribution in [2.24, 2.45) is 5.92 Å². The average molecular weight is 337 g/mol. The number of nitrogens with zero attached hydrogens (tertiary/aromatic N) is 5. The van der Waals surface area contributed by atoms with E-state index in [-0.39, 0.29) is 0 Å². The number of hydrogen-bond acceptors (Lipinski definition) is 5. The molecular formula is C18H23N7. The molecule has 7 nitrogen and oxygen atoms in total. The quantitative estimate of drug-likeness (QED) is 0.746. The molecule has 2 N–H and O–H groups in total. The number of hydrogen-bond donors (Lipinski definition) is 2. The summed E-state index contributed by atoms with van der Waals surface area (Å²) in [7, 11) is 0. The van der Waals surface area contributed by atoms with Gasteiger partial charge in [0.05, 0.1) is 11.4 Å². The first-order valence-electron chi connectivity index (χ1n) is 8.66. The summed E-state index contributed by atoms with van der Waals surface area (Å²) < 4.78 is 3.84. The lowest BCUT2D eigenvalue weighted by molar-refractivity contribution is 0.375. The van der Waals surface area contributed by atoms with Crippen LogP contribution in [0.15, 0.2) is 43.0 Å². The maximum absolute atomic E-state index is 4.53. The number of aromatic nitrogens is 5. The summed E-state index contributed by atoms with van der Waals surface area (Å²) in [5.74, 6) is 1.66. The van der Waals surface area contributed by atoms with Crippen molar-refractivity contribution in [3.63, 3.8) is 0 Å². The summed E-state index contributed by atoms with van der Waals surface area (Å²) >= 11 is 0. The van der Waals surface area contributed by atoms with Gasteiger partial charge in [0, 0.05) is 37.7 Å². The van der Waals surface area contributed by atoms with Gasteiger partial charge in [-0.15, -0.1) is 0 Å². The van der Waals surface area contributed by atoms with E-state index in [0.29, 0.717) is 12.0 Å². The Balaban J connectivity index is 1.34. The van der Waals surface area contributed by atoms with Crippen molar-refractivity contribution in [1.82, 2.24) is 29.9 Å². The highest BCUT2D eigenvalue weighted by Gasteiger charge is 2.19. The molecule has 0 aliphatic carbocycles. The van der Waals surface area contributed by atoms with Crippen LogP contribution in [0.4, 0.5) is 5.82 Å². The van der Waals surface area contributed by atoms with Crippen LogP contribution in [0.5, 0.6) is 0 Å². The van der Waals surface area contributed by atoms with Gasteiger partial charge < -0.3 is 10.6 Å². The van der Waals surface area contributed by atoms with E-state index in [4.69, 9.17) is 0 Å². The molecule has 1 aliphatic rings. The van der Waals surface area contributed by atoms with Crippen LogP contribution in [-0.2, 0) is 6.54 Å². The molecular weight excluding hydrogens is 314 g/mol. The molecule has 130 valence electrons. The van der Waals surface area contributed by atoms with Crippen molar-refractivity contribution in [2.75, 3.05) is 18.4 Å². The van der Waals surface area contributed by atoms with Gasteiger partial charge in [0.25, 0.3) is 0 Å². The topological polar surface area (TPSA) is 72.6 Å². The molecule has 25 heavy (non-hydrogen) atoms. The molecule has 1 aromatic carbocycles. The van der Waals surface area contributed by atoms with Crippen molar-refractivity contribution >= 4 is 5.82 Å². The van der Waals surface area contributed by atoms with Gasteiger partial charge in [0.1, 0.15) is 18.5 Å². The smallest absolute Gasteiger partial charge is 0.138 e. The van der Waals surface area contributed by atoms with Crippen LogP contribution in [0.3, 0.4) is 0 Å². The fourth-order valence-corrected chi connectivity index (χ4v) is 3.24. The van der Waals surface area contributed by atoms with E-state index in [2.05, 4.69) is 67.8 Å². The minimum atomic E-state index is 0.297. The first kappa shape index (κ1) is 15.8. The Morgan fingerprint density at radius 1 is 1.32 bits per heavy atom. The standard InChI is InChI=1S/C18H23N7/c1-13-7-18-21-9-15(10-24(18)23-13)8-20-14(2)16-3-5-17(6-4-16)25-12-19-11-22-25/h3-7,11-12,14-15,20-21H,8-10H2,1-2H3/t14-,15-/m0/s1. The van der Waals surface area contributed by atoms with Crippen LogP contribution in [-0.4, -0.2) is 37.6 Å². The molecule has 0 radical (unpaired) electrons. The monoisotopic (exact) mass is 337 g/mol. The Morgan fingerprint density at radius 3 is 2.92 bits per heavy atom. The van der Waals surface area contributed by atoms with Crippen LogP contribution in [0.1, 0.15) is 24.2 Å². The third-order valence-corrected chi connectivity index (χ3v) is 4.69. The normalized spacial score (nSPS) is 17.8. The Bertz CT molecular complexity index is 820. The van der Waals surface area contributed by atoms with E-state index >= 15 is 0 Å². The van der Waals surface area contributed by atoms with E-state index < -0.39 is 0 Å². The highest BCUT2D eigenvalue weighted by atomic mass is 15.3. The fraction of sp³-hybridized carbons (Fsp3) is 0.389. The molecule has 1 aliphatic heterocycles. The molecule has 7 heteroatoms. The molecule has 0 saturated carbocycles. The molecule has 2 atom stereocenters. The molecule has 0 amide bonds. The Labute approximate surface area is 147 Å². The summed E-state index contributed by atoms with van der Waals surface area (Å²) in [5.41, 5.74) is 3.35. The first-order valence-corrected chi connectivity index (χ1v) is 8.66. The van der Waals surface area contributed by atoms with E-state index in [1.807, 2.05) is 6.92 Å². The molecule has 0 saturated heterocycles. The zero-order valence-electron chi connectivity index (χ0n) is 14.6. The lowest BCUT2D eigenvalue weighted by Crippen LogP contribution is -2.36. The zero-order valence-corrected chi connectivity index (χ0v) is 14.6. The van der Waals surface area contributed by atoms with Gasteiger partial charge in [-0.05, 0) is 31.5 Å². The molecule has 3 heterocycles. The minimum absolute atomic E-state index is 0.297. The zero-order chi connectivity index (χ0) is 17.2. The van der Waals surface area contributed by atoms with Crippen molar-refractivity contribution in [1.29, 1.82) is 0 Å². The lowest BCUT2D eigenvalue weighted by Gasteiger charge is -2.26. The second-order valence-electron chi connectivity index (χ2n) is 6.66. The molecule has 0 unspecified atom stereocenters. The van der Waals surface area contributed by atoms with Crippen LogP contribution in [0.2, 0.25) is 0 Å². The van der Waals surface area contributed by atoms with Gasteiger partial charge >= 0.3 is 0 Å². The average Bonchev–Trinajstić information content (AvgIpc) is 3.28. The molecule has 2 aromatic heterocycles. The van der Waals surface area contributed by atoms with Gasteiger partial charge in [-0.25, -0.2) is 14.3 Å². The number of aryl methyl sites for hydroxylation is 1.